The van der Waals surface area contributed by atoms with Gasteiger partial charge >= 0.3 is 81.5 Å². The molecule has 0 aromatic carbocycles. The molecule has 0 aromatic heterocycles. The van der Waals surface area contributed by atoms with Gasteiger partial charge in [-0.25, -0.2) is 0 Å². The molecule has 2 radical (unpaired) electrons. The summed E-state index contributed by atoms with van der Waals surface area (Å²) in [6.45, 7) is 4.58. The number of unbranched alkanes of at least 4 members (excludes halogenated alkanes) is 3. The van der Waals surface area contributed by atoms with Crippen LogP contribution in [0.15, 0.2) is 0 Å². The van der Waals surface area contributed by atoms with Crippen molar-refractivity contribution in [3.8, 4) is 0 Å². The molecule has 0 saturated heterocycles. The molecule has 0 aliphatic rings. The summed E-state index contributed by atoms with van der Waals surface area (Å²) in [5.74, 6) is -1.74. The van der Waals surface area contributed by atoms with Gasteiger partial charge in [0.25, 0.3) is 0 Å². The SMILES string of the molecule is CCC[CH2][Sn][CH2]CCC.O=C(O)CCCCC(=O)O. The van der Waals surface area contributed by atoms with Crippen molar-refractivity contribution < 1.29 is 19.8 Å². The Morgan fingerprint density at radius 3 is 1.42 bits per heavy atom. The fourth-order valence-corrected chi connectivity index (χ4v) is 5.44. The van der Waals surface area contributed by atoms with E-state index in [1.54, 1.807) is 8.87 Å². The fraction of sp³-hybridized carbons (Fsp3) is 0.857. The molecule has 5 heteroatoms. The van der Waals surface area contributed by atoms with E-state index in [1.165, 1.54) is 25.7 Å². The first-order chi connectivity index (χ1) is 9.04. The maximum atomic E-state index is 9.90. The summed E-state index contributed by atoms with van der Waals surface area (Å²) in [4.78, 5) is 19.8. The van der Waals surface area contributed by atoms with Crippen molar-refractivity contribution in [2.24, 2.45) is 0 Å². The van der Waals surface area contributed by atoms with E-state index in [2.05, 4.69) is 13.8 Å². The maximum absolute atomic E-state index is 9.90. The van der Waals surface area contributed by atoms with Crippen LogP contribution < -0.4 is 0 Å². The fourth-order valence-electron chi connectivity index (χ4n) is 1.28. The number of hydrogen-bond acceptors (Lipinski definition) is 2. The van der Waals surface area contributed by atoms with Crippen LogP contribution in [-0.4, -0.2) is 43.3 Å². The maximum Gasteiger partial charge on any atom is 0.303 e. The summed E-state index contributed by atoms with van der Waals surface area (Å²) in [6.07, 6.45) is 6.86. The van der Waals surface area contributed by atoms with Gasteiger partial charge in [-0.15, -0.1) is 0 Å². The Kier molecular flexibility index (Phi) is 19.6. The molecule has 0 spiro atoms. The second kappa shape index (κ2) is 17.7. The van der Waals surface area contributed by atoms with Crippen molar-refractivity contribution in [3.05, 3.63) is 0 Å². The van der Waals surface area contributed by atoms with Crippen molar-refractivity contribution in [1.29, 1.82) is 0 Å². The first kappa shape index (κ1) is 21.0. The number of carboxylic acids is 2. The smallest absolute Gasteiger partial charge is 0.303 e. The molecule has 0 fully saturated rings. The van der Waals surface area contributed by atoms with E-state index in [0.717, 1.165) is 0 Å². The number of carboxylic acid groups (broad SMARTS) is 2. The molecular formula is C14H28O4Sn. The van der Waals surface area contributed by atoms with Gasteiger partial charge < -0.3 is 10.2 Å². The van der Waals surface area contributed by atoms with Gasteiger partial charge in [-0.1, -0.05) is 0 Å². The van der Waals surface area contributed by atoms with Crippen molar-refractivity contribution in [1.82, 2.24) is 0 Å². The first-order valence-electron chi connectivity index (χ1n) is 7.18. The molecule has 0 heterocycles. The minimum absolute atomic E-state index is 0.0628. The number of aliphatic carboxylic acids is 2. The van der Waals surface area contributed by atoms with Gasteiger partial charge in [-0.2, -0.15) is 0 Å². The Hall–Kier alpha value is -0.261. The van der Waals surface area contributed by atoms with Gasteiger partial charge in [-0.05, 0) is 12.8 Å². The van der Waals surface area contributed by atoms with Crippen LogP contribution in [0.1, 0.15) is 65.2 Å². The van der Waals surface area contributed by atoms with Gasteiger partial charge in [0.1, 0.15) is 0 Å². The van der Waals surface area contributed by atoms with Gasteiger partial charge in [0.2, 0.25) is 0 Å². The molecule has 0 atom stereocenters. The Bertz CT molecular complexity index is 197. The van der Waals surface area contributed by atoms with Crippen LogP contribution in [0.3, 0.4) is 0 Å². The third-order valence-corrected chi connectivity index (χ3v) is 6.48. The predicted octanol–water partition coefficient (Wildman–Crippen LogP) is 3.84. The molecule has 0 bridgehead atoms. The summed E-state index contributed by atoms with van der Waals surface area (Å²) < 4.78 is 3.25. The van der Waals surface area contributed by atoms with Crippen LogP contribution in [0.25, 0.3) is 0 Å². The van der Waals surface area contributed by atoms with Crippen molar-refractivity contribution in [3.63, 3.8) is 0 Å². The predicted molar refractivity (Wildman–Crippen MR) is 78.9 cm³/mol. The zero-order valence-corrected chi connectivity index (χ0v) is 15.1. The van der Waals surface area contributed by atoms with Crippen LogP contribution in [-0.2, 0) is 9.59 Å². The summed E-state index contributed by atoms with van der Waals surface area (Å²) >= 11 is 0.149. The van der Waals surface area contributed by atoms with Gasteiger partial charge in [0.15, 0.2) is 0 Å². The van der Waals surface area contributed by atoms with E-state index in [1.807, 2.05) is 0 Å². The van der Waals surface area contributed by atoms with E-state index in [-0.39, 0.29) is 34.0 Å². The zero-order valence-electron chi connectivity index (χ0n) is 12.3. The van der Waals surface area contributed by atoms with Crippen LogP contribution in [0.5, 0.6) is 0 Å². The summed E-state index contributed by atoms with van der Waals surface area (Å²) in [5.41, 5.74) is 0. The number of rotatable bonds is 11. The summed E-state index contributed by atoms with van der Waals surface area (Å²) in [5, 5.41) is 16.3. The second-order valence-electron chi connectivity index (χ2n) is 4.45. The molecule has 0 aliphatic heterocycles. The molecule has 2 N–H and O–H groups in total. The quantitative estimate of drug-likeness (QED) is 0.423. The normalized spacial score (nSPS) is 9.58. The van der Waals surface area contributed by atoms with Crippen LogP contribution in [0.2, 0.25) is 8.87 Å². The molecule has 0 saturated carbocycles. The molecule has 0 amide bonds. The van der Waals surface area contributed by atoms with E-state index in [9.17, 15) is 9.59 Å². The average molecular weight is 379 g/mol. The van der Waals surface area contributed by atoms with Crippen LogP contribution >= 0.6 is 0 Å². The van der Waals surface area contributed by atoms with Gasteiger partial charge in [0, 0.05) is 12.8 Å². The molecule has 4 nitrogen and oxygen atoms in total. The monoisotopic (exact) mass is 380 g/mol. The topological polar surface area (TPSA) is 74.6 Å². The van der Waals surface area contributed by atoms with Crippen molar-refractivity contribution in [2.45, 2.75) is 74.1 Å². The molecule has 0 aliphatic carbocycles. The van der Waals surface area contributed by atoms with E-state index in [0.29, 0.717) is 12.8 Å². The molecule has 112 valence electrons. The molecule has 0 rings (SSSR count). The van der Waals surface area contributed by atoms with Crippen LogP contribution in [0.4, 0.5) is 0 Å². The third kappa shape index (κ3) is 27.1. The zero-order chi connectivity index (χ0) is 14.9. The average Bonchev–Trinajstić information content (AvgIpc) is 2.35. The number of carbonyl (C=O) groups is 2. The van der Waals surface area contributed by atoms with E-state index < -0.39 is 11.9 Å². The van der Waals surface area contributed by atoms with Crippen molar-refractivity contribution >= 4 is 33.1 Å². The second-order valence-corrected chi connectivity index (χ2v) is 8.73. The molecule has 0 unspecified atom stereocenters. The molecule has 0 aromatic rings. The Morgan fingerprint density at radius 1 is 0.789 bits per heavy atom. The number of hydrogen-bond donors (Lipinski definition) is 2. The van der Waals surface area contributed by atoms with E-state index >= 15 is 0 Å². The van der Waals surface area contributed by atoms with Crippen molar-refractivity contribution in [2.75, 3.05) is 0 Å². The van der Waals surface area contributed by atoms with Gasteiger partial charge in [-0.3, -0.25) is 9.59 Å². The standard InChI is InChI=1S/C6H10O4.2C4H9.Sn/c7-5(8)3-1-2-4-6(9)10;2*1-3-4-2;/h1-4H2,(H,7,8)(H,9,10);2*1,3-4H2,2H3;. The summed E-state index contributed by atoms with van der Waals surface area (Å²) in [7, 11) is 0. The Labute approximate surface area is 127 Å². The molecule has 19 heavy (non-hydrogen) atoms. The minimum atomic E-state index is -0.870. The third-order valence-electron chi connectivity index (χ3n) is 2.45. The minimum Gasteiger partial charge on any atom is -0.481 e. The van der Waals surface area contributed by atoms with Crippen LogP contribution in [0, 0.1) is 0 Å². The molecular weight excluding hydrogens is 351 g/mol. The van der Waals surface area contributed by atoms with E-state index in [4.69, 9.17) is 10.2 Å². The Morgan fingerprint density at radius 2 is 1.16 bits per heavy atom. The largest absolute Gasteiger partial charge is 0.481 e. The first-order valence-corrected chi connectivity index (χ1v) is 11.2. The summed E-state index contributed by atoms with van der Waals surface area (Å²) in [6, 6.07) is 0. The Balaban J connectivity index is 0. The van der Waals surface area contributed by atoms with Gasteiger partial charge in [0.05, 0.1) is 0 Å².